The van der Waals surface area contributed by atoms with Gasteiger partial charge in [-0.15, -0.1) is 0 Å². The molecule has 2 saturated heterocycles. The van der Waals surface area contributed by atoms with E-state index in [9.17, 15) is 23.9 Å². The third kappa shape index (κ3) is 3.62. The molecule has 2 aliphatic rings. The molecule has 0 aliphatic carbocycles. The first-order valence-electron chi connectivity index (χ1n) is 8.39. The number of benzene rings is 1. The lowest BCUT2D eigenvalue weighted by atomic mass is 9.91. The number of imide groups is 1. The second-order valence-electron chi connectivity index (χ2n) is 6.64. The zero-order valence-electron chi connectivity index (χ0n) is 14.0. The number of nitrogens with one attached hydrogen (secondary N) is 2. The number of amides is 2. The Balaban J connectivity index is 1.66. The van der Waals surface area contributed by atoms with Crippen molar-refractivity contribution >= 4 is 29.2 Å². The molecule has 8 nitrogen and oxygen atoms in total. The Bertz CT molecular complexity index is 746. The molecule has 2 fully saturated rings. The van der Waals surface area contributed by atoms with E-state index < -0.39 is 29.3 Å². The number of carboxylic acid groups (broad SMARTS) is 1. The second kappa shape index (κ2) is 6.91. The number of aliphatic carboxylic acids is 1. The van der Waals surface area contributed by atoms with E-state index in [1.807, 2.05) is 0 Å². The van der Waals surface area contributed by atoms with Gasteiger partial charge in [0.2, 0.25) is 11.8 Å². The number of carbonyl (C=O) groups is 3. The number of anilines is 2. The van der Waals surface area contributed by atoms with Gasteiger partial charge in [-0.25, -0.2) is 9.18 Å². The van der Waals surface area contributed by atoms with Crippen molar-refractivity contribution in [2.24, 2.45) is 0 Å². The van der Waals surface area contributed by atoms with Crippen molar-refractivity contribution in [1.82, 2.24) is 5.32 Å². The number of halogens is 1. The molecule has 9 heteroatoms. The zero-order valence-corrected chi connectivity index (χ0v) is 14.0. The van der Waals surface area contributed by atoms with Gasteiger partial charge in [0.15, 0.2) is 5.60 Å². The van der Waals surface area contributed by atoms with Crippen LogP contribution in [0.1, 0.15) is 25.7 Å². The molecule has 1 aromatic carbocycles. The van der Waals surface area contributed by atoms with E-state index in [-0.39, 0.29) is 38.3 Å². The Morgan fingerprint density at radius 2 is 2.00 bits per heavy atom. The molecule has 2 aliphatic heterocycles. The van der Waals surface area contributed by atoms with E-state index in [0.717, 1.165) is 0 Å². The highest BCUT2D eigenvalue weighted by Gasteiger charge is 2.39. The molecule has 2 amide bonds. The van der Waals surface area contributed by atoms with Crippen LogP contribution >= 0.6 is 0 Å². The van der Waals surface area contributed by atoms with Gasteiger partial charge in [-0.1, -0.05) is 0 Å². The number of carbonyl (C=O) groups excluding carboxylic acids is 2. The highest BCUT2D eigenvalue weighted by molar-refractivity contribution is 6.01. The maximum atomic E-state index is 14.5. The van der Waals surface area contributed by atoms with E-state index in [2.05, 4.69) is 10.6 Å². The summed E-state index contributed by atoms with van der Waals surface area (Å²) in [4.78, 5) is 35.7. The van der Waals surface area contributed by atoms with Crippen molar-refractivity contribution in [2.75, 3.05) is 23.3 Å². The van der Waals surface area contributed by atoms with E-state index >= 15 is 0 Å². The zero-order chi connectivity index (χ0) is 18.9. The van der Waals surface area contributed by atoms with Crippen LogP contribution in [0.15, 0.2) is 18.2 Å². The number of hydrogen-bond donors (Lipinski definition) is 4. The van der Waals surface area contributed by atoms with Gasteiger partial charge in [-0.05, 0) is 24.6 Å². The van der Waals surface area contributed by atoms with Gasteiger partial charge in [0.1, 0.15) is 11.9 Å². The predicted molar refractivity (Wildman–Crippen MR) is 90.2 cm³/mol. The van der Waals surface area contributed by atoms with Gasteiger partial charge in [-0.3, -0.25) is 14.9 Å². The summed E-state index contributed by atoms with van der Waals surface area (Å²) in [5.41, 5.74) is -1.04. The Morgan fingerprint density at radius 3 is 2.58 bits per heavy atom. The molecular weight excluding hydrogens is 345 g/mol. The fraction of sp³-hybridized carbons (Fsp3) is 0.471. The van der Waals surface area contributed by atoms with Crippen molar-refractivity contribution in [3.63, 3.8) is 0 Å². The fourth-order valence-electron chi connectivity index (χ4n) is 3.22. The average Bonchev–Trinajstić information content (AvgIpc) is 2.58. The molecule has 0 spiro atoms. The van der Waals surface area contributed by atoms with Gasteiger partial charge < -0.3 is 20.4 Å². The third-order valence-corrected chi connectivity index (χ3v) is 4.86. The summed E-state index contributed by atoms with van der Waals surface area (Å²) in [5, 5.41) is 24.1. The van der Waals surface area contributed by atoms with Gasteiger partial charge in [0, 0.05) is 38.0 Å². The van der Waals surface area contributed by atoms with Crippen LogP contribution in [0.5, 0.6) is 0 Å². The summed E-state index contributed by atoms with van der Waals surface area (Å²) < 4.78 is 14.5. The van der Waals surface area contributed by atoms with Crippen LogP contribution in [-0.4, -0.2) is 52.7 Å². The first-order valence-corrected chi connectivity index (χ1v) is 8.39. The molecule has 0 saturated carbocycles. The summed E-state index contributed by atoms with van der Waals surface area (Å²) >= 11 is 0. The lowest BCUT2D eigenvalue weighted by Gasteiger charge is -2.36. The summed E-state index contributed by atoms with van der Waals surface area (Å²) in [6.07, 6.45) is 0.592. The topological polar surface area (TPSA) is 119 Å². The van der Waals surface area contributed by atoms with Crippen LogP contribution in [0.3, 0.4) is 0 Å². The monoisotopic (exact) mass is 365 g/mol. The summed E-state index contributed by atoms with van der Waals surface area (Å²) in [7, 11) is 0. The number of nitrogens with zero attached hydrogens (tertiary/aromatic N) is 1. The standard InChI is InChI=1S/C17H20FN3O5/c18-11-9-10(19-12-2-4-14(22)20-15(12)23)1-3-13(11)21-7-5-17(26,6-8-21)16(24)25/h1,3,9,12,19,26H,2,4-8H2,(H,24,25)(H,20,22,23). The number of hydrogen-bond acceptors (Lipinski definition) is 6. The fourth-order valence-corrected chi connectivity index (χ4v) is 3.22. The summed E-state index contributed by atoms with van der Waals surface area (Å²) in [6, 6.07) is 3.84. The summed E-state index contributed by atoms with van der Waals surface area (Å²) in [6.45, 7) is 0.444. The van der Waals surface area contributed by atoms with E-state index in [1.165, 1.54) is 6.07 Å². The Labute approximate surface area is 149 Å². The van der Waals surface area contributed by atoms with E-state index in [0.29, 0.717) is 17.8 Å². The quantitative estimate of drug-likeness (QED) is 0.572. The van der Waals surface area contributed by atoms with Gasteiger partial charge >= 0.3 is 5.97 Å². The van der Waals surface area contributed by atoms with Crippen molar-refractivity contribution < 1.29 is 29.0 Å². The van der Waals surface area contributed by atoms with E-state index in [1.54, 1.807) is 17.0 Å². The molecule has 0 radical (unpaired) electrons. The predicted octanol–water partition coefficient (Wildman–Crippen LogP) is 0.459. The highest BCUT2D eigenvalue weighted by atomic mass is 19.1. The van der Waals surface area contributed by atoms with Crippen LogP contribution < -0.4 is 15.5 Å². The van der Waals surface area contributed by atoms with Crippen molar-refractivity contribution in [3.05, 3.63) is 24.0 Å². The number of aliphatic hydroxyl groups is 1. The lowest BCUT2D eigenvalue weighted by molar-refractivity contribution is -0.160. The smallest absolute Gasteiger partial charge is 0.335 e. The SMILES string of the molecule is O=C1CCC(Nc2ccc(N3CCC(O)(C(=O)O)CC3)c(F)c2)C(=O)N1. The van der Waals surface area contributed by atoms with Crippen molar-refractivity contribution in [3.8, 4) is 0 Å². The Morgan fingerprint density at radius 1 is 1.31 bits per heavy atom. The molecule has 1 atom stereocenters. The molecule has 0 aromatic heterocycles. The molecule has 3 rings (SSSR count). The largest absolute Gasteiger partial charge is 0.479 e. The minimum absolute atomic E-state index is 0.0120. The van der Waals surface area contributed by atoms with Gasteiger partial charge in [0.25, 0.3) is 0 Å². The number of carboxylic acids is 1. The van der Waals surface area contributed by atoms with Crippen LogP contribution in [0.25, 0.3) is 0 Å². The molecule has 140 valence electrons. The Hall–Kier alpha value is -2.68. The van der Waals surface area contributed by atoms with E-state index in [4.69, 9.17) is 5.11 Å². The van der Waals surface area contributed by atoms with Crippen molar-refractivity contribution in [1.29, 1.82) is 0 Å². The van der Waals surface area contributed by atoms with Crippen LogP contribution in [-0.2, 0) is 14.4 Å². The number of piperidine rings is 2. The maximum Gasteiger partial charge on any atom is 0.335 e. The second-order valence-corrected chi connectivity index (χ2v) is 6.64. The summed E-state index contributed by atoms with van der Waals surface area (Å²) in [5.74, 6) is -2.53. The molecule has 4 N–H and O–H groups in total. The molecular formula is C17H20FN3O5. The molecule has 0 bridgehead atoms. The normalized spacial score (nSPS) is 22.7. The van der Waals surface area contributed by atoms with Crippen molar-refractivity contribution in [2.45, 2.75) is 37.3 Å². The molecule has 1 unspecified atom stereocenters. The minimum atomic E-state index is -1.76. The number of rotatable bonds is 4. The Kier molecular flexibility index (Phi) is 4.82. The van der Waals surface area contributed by atoms with Gasteiger partial charge in [0.05, 0.1) is 5.69 Å². The third-order valence-electron chi connectivity index (χ3n) is 4.86. The maximum absolute atomic E-state index is 14.5. The average molecular weight is 365 g/mol. The first kappa shape index (κ1) is 18.1. The molecule has 26 heavy (non-hydrogen) atoms. The minimum Gasteiger partial charge on any atom is -0.479 e. The van der Waals surface area contributed by atoms with Crippen LogP contribution in [0.2, 0.25) is 0 Å². The van der Waals surface area contributed by atoms with Gasteiger partial charge in [-0.2, -0.15) is 0 Å². The van der Waals surface area contributed by atoms with Crippen LogP contribution in [0.4, 0.5) is 15.8 Å². The molecule has 2 heterocycles. The first-order chi connectivity index (χ1) is 12.3. The molecule has 1 aromatic rings. The highest BCUT2D eigenvalue weighted by Crippen LogP contribution is 2.30. The lowest BCUT2D eigenvalue weighted by Crippen LogP contribution is -2.49. The van der Waals surface area contributed by atoms with Crippen LogP contribution in [0, 0.1) is 5.82 Å².